The summed E-state index contributed by atoms with van der Waals surface area (Å²) in [4.78, 5) is 21.2. The Morgan fingerprint density at radius 3 is 2.73 bits per heavy atom. The molecular formula is C9H13N3O3. The van der Waals surface area contributed by atoms with Crippen molar-refractivity contribution >= 4 is 5.91 Å². The van der Waals surface area contributed by atoms with Crippen LogP contribution >= 0.6 is 0 Å². The van der Waals surface area contributed by atoms with Gasteiger partial charge in [-0.15, -0.1) is 0 Å². The van der Waals surface area contributed by atoms with Crippen LogP contribution in [-0.4, -0.2) is 27.2 Å². The maximum Gasteiger partial charge on any atom is 0.247 e. The first-order chi connectivity index (χ1) is 7.00. The van der Waals surface area contributed by atoms with E-state index in [0.29, 0.717) is 0 Å². The molecule has 0 atom stereocenters. The number of carbonyl (C=O) groups is 1. The molecule has 0 bridgehead atoms. The Balaban J connectivity index is 2.54. The summed E-state index contributed by atoms with van der Waals surface area (Å²) in [6.07, 6.45) is 0.410. The molecule has 0 amide bonds. The highest BCUT2D eigenvalue weighted by Crippen LogP contribution is 2.04. The molecule has 0 N–H and O–H groups in total. The van der Waals surface area contributed by atoms with Gasteiger partial charge in [0.15, 0.2) is 0 Å². The zero-order valence-electron chi connectivity index (χ0n) is 8.77. The topological polar surface area (TPSA) is 78.0 Å². The van der Waals surface area contributed by atoms with Crippen molar-refractivity contribution in [2.45, 2.75) is 26.7 Å². The second kappa shape index (κ2) is 4.68. The van der Waals surface area contributed by atoms with Crippen LogP contribution in [0.2, 0.25) is 0 Å². The number of rotatable bonds is 4. The molecule has 15 heavy (non-hydrogen) atoms. The molecule has 1 aromatic heterocycles. The first kappa shape index (κ1) is 11.4. The van der Waals surface area contributed by atoms with Gasteiger partial charge < -0.3 is 0 Å². The van der Waals surface area contributed by atoms with Crippen LogP contribution in [0.15, 0.2) is 6.07 Å². The second-order valence-electron chi connectivity index (χ2n) is 3.39. The highest BCUT2D eigenvalue weighted by molar-refractivity contribution is 5.78. The number of hydrogen-bond donors (Lipinski definition) is 0. The number of nitrogens with zero attached hydrogens (tertiary/aromatic N) is 3. The van der Waals surface area contributed by atoms with Crippen LogP contribution in [0, 0.1) is 24.0 Å². The van der Waals surface area contributed by atoms with Crippen LogP contribution in [0.5, 0.6) is 0 Å². The molecule has 1 heterocycles. The van der Waals surface area contributed by atoms with Crippen LogP contribution in [0.3, 0.4) is 0 Å². The van der Waals surface area contributed by atoms with Gasteiger partial charge in [0, 0.05) is 23.5 Å². The van der Waals surface area contributed by atoms with Crippen molar-refractivity contribution in [2.75, 3.05) is 6.54 Å². The Labute approximate surface area is 87.0 Å². The molecule has 0 aliphatic rings. The summed E-state index contributed by atoms with van der Waals surface area (Å²) in [6.45, 7) is 3.41. The molecule has 0 spiro atoms. The summed E-state index contributed by atoms with van der Waals surface area (Å²) >= 11 is 0. The zero-order chi connectivity index (χ0) is 11.4. The largest absolute Gasteiger partial charge is 0.273 e. The molecule has 1 rings (SSSR count). The zero-order valence-corrected chi connectivity index (χ0v) is 8.77. The Bertz CT molecular complexity index is 384. The van der Waals surface area contributed by atoms with E-state index in [1.807, 2.05) is 0 Å². The summed E-state index contributed by atoms with van der Waals surface area (Å²) < 4.78 is 1.30. The number of nitro groups is 1. The van der Waals surface area contributed by atoms with E-state index in [1.165, 1.54) is 4.68 Å². The predicted octanol–water partition coefficient (Wildman–Crippen LogP) is 1.20. The third-order valence-corrected chi connectivity index (χ3v) is 1.98. The molecule has 0 radical (unpaired) electrons. The summed E-state index contributed by atoms with van der Waals surface area (Å²) in [5.41, 5.74) is 1.54. The van der Waals surface area contributed by atoms with Gasteiger partial charge in [-0.3, -0.25) is 14.9 Å². The minimum absolute atomic E-state index is 0.156. The lowest BCUT2D eigenvalue weighted by atomic mass is 10.3. The fourth-order valence-corrected chi connectivity index (χ4v) is 1.35. The lowest BCUT2D eigenvalue weighted by Gasteiger charge is -2.00. The Morgan fingerprint density at radius 2 is 2.27 bits per heavy atom. The summed E-state index contributed by atoms with van der Waals surface area (Å²) in [6, 6.07) is 1.80. The van der Waals surface area contributed by atoms with Gasteiger partial charge in [-0.1, -0.05) is 0 Å². The van der Waals surface area contributed by atoms with Gasteiger partial charge >= 0.3 is 0 Å². The van der Waals surface area contributed by atoms with Crippen molar-refractivity contribution in [3.05, 3.63) is 27.6 Å². The first-order valence-electron chi connectivity index (χ1n) is 4.69. The van der Waals surface area contributed by atoms with Crippen LogP contribution in [-0.2, 0) is 0 Å². The SMILES string of the molecule is Cc1cc(C)n(C(=O)CCC[N+](=O)[O-])n1. The molecule has 0 saturated carbocycles. The minimum atomic E-state index is -0.422. The van der Waals surface area contributed by atoms with Crippen molar-refractivity contribution < 1.29 is 9.72 Å². The molecule has 0 unspecified atom stereocenters. The van der Waals surface area contributed by atoms with Crippen molar-refractivity contribution in [3.8, 4) is 0 Å². The minimum Gasteiger partial charge on any atom is -0.273 e. The van der Waals surface area contributed by atoms with Gasteiger partial charge in [-0.25, -0.2) is 4.68 Å². The fourth-order valence-electron chi connectivity index (χ4n) is 1.35. The van der Waals surface area contributed by atoms with Crippen LogP contribution in [0.25, 0.3) is 0 Å². The Morgan fingerprint density at radius 1 is 1.60 bits per heavy atom. The van der Waals surface area contributed by atoms with Crippen LogP contribution < -0.4 is 0 Å². The smallest absolute Gasteiger partial charge is 0.247 e. The quantitative estimate of drug-likeness (QED) is 0.553. The molecule has 0 aliphatic heterocycles. The third kappa shape index (κ3) is 3.16. The van der Waals surface area contributed by atoms with Crippen molar-refractivity contribution in [1.29, 1.82) is 0 Å². The van der Waals surface area contributed by atoms with Crippen molar-refractivity contribution in [1.82, 2.24) is 9.78 Å². The Kier molecular flexibility index (Phi) is 3.54. The Hall–Kier alpha value is -1.72. The van der Waals surface area contributed by atoms with E-state index in [2.05, 4.69) is 5.10 Å². The average Bonchev–Trinajstić information content (AvgIpc) is 2.44. The van der Waals surface area contributed by atoms with Gasteiger partial charge in [0.05, 0.1) is 5.69 Å². The number of aryl methyl sites for hydroxylation is 2. The monoisotopic (exact) mass is 211 g/mol. The summed E-state index contributed by atoms with van der Waals surface area (Å²) in [5.74, 6) is -0.192. The predicted molar refractivity (Wildman–Crippen MR) is 53.4 cm³/mol. The number of carbonyl (C=O) groups excluding carboxylic acids is 1. The highest BCUT2D eigenvalue weighted by atomic mass is 16.6. The van der Waals surface area contributed by atoms with E-state index in [0.717, 1.165) is 11.4 Å². The van der Waals surface area contributed by atoms with Crippen molar-refractivity contribution in [3.63, 3.8) is 0 Å². The first-order valence-corrected chi connectivity index (χ1v) is 4.69. The number of aromatic nitrogens is 2. The third-order valence-electron chi connectivity index (χ3n) is 1.98. The average molecular weight is 211 g/mol. The molecular weight excluding hydrogens is 198 g/mol. The molecule has 6 heteroatoms. The fraction of sp³-hybridized carbons (Fsp3) is 0.556. The summed E-state index contributed by atoms with van der Waals surface area (Å²) in [5, 5.41) is 14.1. The van der Waals surface area contributed by atoms with Gasteiger partial charge in [-0.05, 0) is 19.9 Å². The molecule has 0 aromatic carbocycles. The lowest BCUT2D eigenvalue weighted by molar-refractivity contribution is -0.480. The van der Waals surface area contributed by atoms with E-state index in [9.17, 15) is 14.9 Å². The van der Waals surface area contributed by atoms with Gasteiger partial charge in [0.25, 0.3) is 0 Å². The van der Waals surface area contributed by atoms with Gasteiger partial charge in [-0.2, -0.15) is 5.10 Å². The van der Waals surface area contributed by atoms with Crippen LogP contribution in [0.1, 0.15) is 29.0 Å². The van der Waals surface area contributed by atoms with E-state index in [4.69, 9.17) is 0 Å². The van der Waals surface area contributed by atoms with Crippen LogP contribution in [0.4, 0.5) is 0 Å². The lowest BCUT2D eigenvalue weighted by Crippen LogP contribution is -2.15. The molecule has 0 aliphatic carbocycles. The van der Waals surface area contributed by atoms with E-state index in [-0.39, 0.29) is 25.3 Å². The van der Waals surface area contributed by atoms with Gasteiger partial charge in [0.2, 0.25) is 12.5 Å². The molecule has 0 saturated heterocycles. The molecule has 1 aromatic rings. The second-order valence-corrected chi connectivity index (χ2v) is 3.39. The normalized spacial score (nSPS) is 10.3. The maximum absolute atomic E-state index is 11.5. The summed E-state index contributed by atoms with van der Waals surface area (Å²) in [7, 11) is 0. The standard InChI is InChI=1S/C9H13N3O3/c1-7-6-8(2)12(10-7)9(13)4-3-5-11(14)15/h6H,3-5H2,1-2H3. The van der Waals surface area contributed by atoms with E-state index >= 15 is 0 Å². The van der Waals surface area contributed by atoms with E-state index in [1.54, 1.807) is 19.9 Å². The van der Waals surface area contributed by atoms with Gasteiger partial charge in [0.1, 0.15) is 0 Å². The van der Waals surface area contributed by atoms with Crippen molar-refractivity contribution in [2.24, 2.45) is 0 Å². The molecule has 0 fully saturated rings. The highest BCUT2D eigenvalue weighted by Gasteiger charge is 2.10. The molecule has 82 valence electrons. The molecule has 6 nitrogen and oxygen atoms in total. The maximum atomic E-state index is 11.5. The van der Waals surface area contributed by atoms with E-state index < -0.39 is 4.92 Å². The number of hydrogen-bond acceptors (Lipinski definition) is 4.